The van der Waals surface area contributed by atoms with Gasteiger partial charge in [-0.25, -0.2) is 0 Å². The highest BCUT2D eigenvalue weighted by Crippen LogP contribution is 2.16. The van der Waals surface area contributed by atoms with Gasteiger partial charge in [-0.2, -0.15) is 0 Å². The normalized spacial score (nSPS) is 16.8. The van der Waals surface area contributed by atoms with Gasteiger partial charge in [0.25, 0.3) is 0 Å². The summed E-state index contributed by atoms with van der Waals surface area (Å²) in [6, 6.07) is 0. The van der Waals surface area contributed by atoms with E-state index in [9.17, 15) is 4.79 Å². The summed E-state index contributed by atoms with van der Waals surface area (Å²) in [5.41, 5.74) is 0. The molecule has 5 heteroatoms. The molecule has 0 rings (SSSR count). The summed E-state index contributed by atoms with van der Waals surface area (Å²) in [6.07, 6.45) is 0. The van der Waals surface area contributed by atoms with Crippen molar-refractivity contribution < 1.29 is 9.90 Å². The molecule has 9 heavy (non-hydrogen) atoms. The van der Waals surface area contributed by atoms with Gasteiger partial charge in [0.1, 0.15) is 4.83 Å². The molecule has 0 fully saturated rings. The van der Waals surface area contributed by atoms with Gasteiger partial charge in [-0.15, -0.1) is 0 Å². The number of aliphatic carboxylic acids is 1. The second kappa shape index (κ2) is 4.68. The smallest absolute Gasteiger partial charge is 0.318 e. The number of halogens is 3. The third-order valence-corrected chi connectivity index (χ3v) is 4.86. The van der Waals surface area contributed by atoms with E-state index >= 15 is 0 Å². The molecule has 0 amide bonds. The van der Waals surface area contributed by atoms with Gasteiger partial charge < -0.3 is 5.11 Å². The van der Waals surface area contributed by atoms with E-state index in [-0.39, 0.29) is 4.83 Å². The molecular formula is C4H5Br3O2. The maximum atomic E-state index is 10.2. The number of carboxylic acid groups (broad SMARTS) is 1. The van der Waals surface area contributed by atoms with Crippen LogP contribution < -0.4 is 0 Å². The fourth-order valence-corrected chi connectivity index (χ4v) is 1.52. The third-order valence-electron chi connectivity index (χ3n) is 0.701. The van der Waals surface area contributed by atoms with Gasteiger partial charge in [0.15, 0.2) is 0 Å². The first-order valence-corrected chi connectivity index (χ1v) is 5.11. The van der Waals surface area contributed by atoms with E-state index in [0.717, 1.165) is 0 Å². The zero-order valence-corrected chi connectivity index (χ0v) is 9.11. The predicted octanol–water partition coefficient (Wildman–Crippen LogP) is 1.99. The third kappa shape index (κ3) is 3.57. The average molecular weight is 325 g/mol. The van der Waals surface area contributed by atoms with Crippen LogP contribution in [0.3, 0.4) is 0 Å². The molecule has 0 bridgehead atoms. The number of rotatable bonds is 3. The van der Waals surface area contributed by atoms with Gasteiger partial charge in [0.2, 0.25) is 0 Å². The van der Waals surface area contributed by atoms with Crippen molar-refractivity contribution in [3.05, 3.63) is 0 Å². The van der Waals surface area contributed by atoms with Crippen molar-refractivity contribution in [2.45, 2.75) is 9.65 Å². The molecule has 1 N–H and O–H groups in total. The minimum atomic E-state index is -0.851. The maximum Gasteiger partial charge on any atom is 0.318 e. The molecule has 0 aliphatic heterocycles. The Balaban J connectivity index is 3.72. The Morgan fingerprint density at radius 1 is 1.56 bits per heavy atom. The highest BCUT2D eigenvalue weighted by atomic mass is 79.9. The zero-order valence-electron chi connectivity index (χ0n) is 4.35. The summed E-state index contributed by atoms with van der Waals surface area (Å²) in [5.74, 6) is -0.851. The van der Waals surface area contributed by atoms with Crippen LogP contribution in [-0.4, -0.2) is 26.1 Å². The van der Waals surface area contributed by atoms with E-state index in [1.165, 1.54) is 0 Å². The molecule has 0 spiro atoms. The maximum absolute atomic E-state index is 10.2. The Morgan fingerprint density at radius 3 is 2.11 bits per heavy atom. The van der Waals surface area contributed by atoms with Crippen molar-refractivity contribution >= 4 is 53.8 Å². The van der Waals surface area contributed by atoms with Gasteiger partial charge in [0.05, 0.1) is 0 Å². The minimum Gasteiger partial charge on any atom is -0.480 e. The Labute approximate surface area is 78.4 Å². The second-order valence-corrected chi connectivity index (χ2v) is 4.22. The summed E-state index contributed by atoms with van der Waals surface area (Å²) in [6.45, 7) is 0. The number of hydrogen-bond acceptors (Lipinski definition) is 1. The molecule has 0 saturated heterocycles. The van der Waals surface area contributed by atoms with Crippen LogP contribution in [0.1, 0.15) is 0 Å². The van der Waals surface area contributed by atoms with Crippen LogP contribution in [0.4, 0.5) is 0 Å². The van der Waals surface area contributed by atoms with Crippen LogP contribution >= 0.6 is 47.8 Å². The van der Waals surface area contributed by atoms with Crippen molar-refractivity contribution in [2.75, 3.05) is 5.33 Å². The van der Waals surface area contributed by atoms with Gasteiger partial charge in [-0.3, -0.25) is 4.79 Å². The zero-order chi connectivity index (χ0) is 7.44. The van der Waals surface area contributed by atoms with Crippen LogP contribution in [0.5, 0.6) is 0 Å². The molecular weight excluding hydrogens is 320 g/mol. The highest BCUT2D eigenvalue weighted by molar-refractivity contribution is 9.13. The monoisotopic (exact) mass is 322 g/mol. The highest BCUT2D eigenvalue weighted by Gasteiger charge is 2.21. The van der Waals surface area contributed by atoms with E-state index in [4.69, 9.17) is 5.11 Å². The van der Waals surface area contributed by atoms with Crippen LogP contribution in [0.2, 0.25) is 0 Å². The summed E-state index contributed by atoms with van der Waals surface area (Å²) in [5, 5.41) is 9.01. The lowest BCUT2D eigenvalue weighted by molar-refractivity contribution is -0.136. The van der Waals surface area contributed by atoms with Crippen molar-refractivity contribution in [1.82, 2.24) is 0 Å². The number of carbonyl (C=O) groups is 1. The fraction of sp³-hybridized carbons (Fsp3) is 0.750. The summed E-state index contributed by atoms with van der Waals surface area (Å²) in [4.78, 5) is 9.62. The molecule has 54 valence electrons. The average Bonchev–Trinajstić information content (AvgIpc) is 1.84. The Bertz CT molecular complexity index is 106. The molecule has 2 nitrogen and oxygen atoms in total. The van der Waals surface area contributed by atoms with Crippen molar-refractivity contribution in [1.29, 1.82) is 0 Å². The summed E-state index contributed by atoms with van der Waals surface area (Å²) < 4.78 is 0. The summed E-state index contributed by atoms with van der Waals surface area (Å²) in [7, 11) is 0. The first-order chi connectivity index (χ1) is 4.09. The Morgan fingerprint density at radius 2 is 2.00 bits per heavy atom. The van der Waals surface area contributed by atoms with Crippen LogP contribution in [0.25, 0.3) is 0 Å². The Hall–Kier alpha value is 0.910. The van der Waals surface area contributed by atoms with E-state index in [0.29, 0.717) is 5.33 Å². The Kier molecular flexibility index (Phi) is 5.16. The molecule has 0 heterocycles. The predicted molar refractivity (Wildman–Crippen MR) is 46.9 cm³/mol. The molecule has 2 atom stereocenters. The van der Waals surface area contributed by atoms with Crippen LogP contribution in [0.15, 0.2) is 0 Å². The molecule has 0 saturated carbocycles. The first-order valence-electron chi connectivity index (χ1n) is 2.16. The molecule has 0 aromatic rings. The number of hydrogen-bond donors (Lipinski definition) is 1. The lowest BCUT2D eigenvalue weighted by atomic mass is 10.3. The lowest BCUT2D eigenvalue weighted by Gasteiger charge is -2.07. The molecule has 0 radical (unpaired) electrons. The van der Waals surface area contributed by atoms with Gasteiger partial charge in [0, 0.05) is 10.2 Å². The molecule has 0 aromatic heterocycles. The van der Waals surface area contributed by atoms with Gasteiger partial charge >= 0.3 is 5.97 Å². The minimum absolute atomic E-state index is 0.0602. The molecule has 0 aromatic carbocycles. The lowest BCUT2D eigenvalue weighted by Crippen LogP contribution is -2.24. The van der Waals surface area contributed by atoms with E-state index in [1.807, 2.05) is 0 Å². The molecule has 0 aliphatic rings. The standard InChI is InChI=1S/C4H5Br3O2/c5-1-2(6)3(7)4(8)9/h2-3H,1H2,(H,8,9)/t2-,3+/m1/s1. The van der Waals surface area contributed by atoms with Crippen molar-refractivity contribution in [3.63, 3.8) is 0 Å². The van der Waals surface area contributed by atoms with Crippen LogP contribution in [-0.2, 0) is 4.79 Å². The van der Waals surface area contributed by atoms with Gasteiger partial charge in [-0.05, 0) is 0 Å². The van der Waals surface area contributed by atoms with E-state index in [2.05, 4.69) is 47.8 Å². The quantitative estimate of drug-likeness (QED) is 0.806. The largest absolute Gasteiger partial charge is 0.480 e. The topological polar surface area (TPSA) is 37.3 Å². The van der Waals surface area contributed by atoms with E-state index < -0.39 is 10.8 Å². The van der Waals surface area contributed by atoms with Crippen molar-refractivity contribution in [2.24, 2.45) is 0 Å². The summed E-state index contributed by atoms with van der Waals surface area (Å²) >= 11 is 9.30. The van der Waals surface area contributed by atoms with Gasteiger partial charge in [-0.1, -0.05) is 47.8 Å². The number of carboxylic acids is 1. The second-order valence-electron chi connectivity index (χ2n) is 1.41. The van der Waals surface area contributed by atoms with Crippen LogP contribution in [0, 0.1) is 0 Å². The molecule has 0 unspecified atom stereocenters. The van der Waals surface area contributed by atoms with Crippen molar-refractivity contribution in [3.8, 4) is 0 Å². The molecule has 0 aliphatic carbocycles. The fourth-order valence-electron chi connectivity index (χ4n) is 0.233. The van der Waals surface area contributed by atoms with E-state index in [1.54, 1.807) is 0 Å². The first kappa shape index (κ1) is 9.91. The SMILES string of the molecule is O=C(O)[C@@H](Br)[C@H](Br)CBr. The number of alkyl halides is 3.